The van der Waals surface area contributed by atoms with Crippen molar-refractivity contribution in [3.8, 4) is 10.7 Å². The van der Waals surface area contributed by atoms with E-state index in [0.29, 0.717) is 9.88 Å². The first-order valence-corrected chi connectivity index (χ1v) is 6.13. The van der Waals surface area contributed by atoms with Gasteiger partial charge in [-0.25, -0.2) is 9.78 Å². The van der Waals surface area contributed by atoms with Crippen molar-refractivity contribution in [2.45, 2.75) is 13.5 Å². The highest BCUT2D eigenvalue weighted by atomic mass is 35.5. The molecule has 0 aliphatic carbocycles. The predicted octanol–water partition coefficient (Wildman–Crippen LogP) is 2.47. The molecule has 17 heavy (non-hydrogen) atoms. The fourth-order valence-electron chi connectivity index (χ4n) is 1.40. The van der Waals surface area contributed by atoms with E-state index in [1.807, 2.05) is 13.0 Å². The van der Waals surface area contributed by atoms with Crippen molar-refractivity contribution in [2.75, 3.05) is 7.11 Å². The van der Waals surface area contributed by atoms with Crippen LogP contribution in [0.2, 0.25) is 5.15 Å². The number of nitrogens with zero attached hydrogens (tertiary/aromatic N) is 3. The van der Waals surface area contributed by atoms with Crippen LogP contribution in [0.5, 0.6) is 0 Å². The Balaban J connectivity index is 2.44. The van der Waals surface area contributed by atoms with Gasteiger partial charge in [-0.2, -0.15) is 5.10 Å². The Bertz CT molecular complexity index is 549. The average molecular weight is 272 g/mol. The number of hydrogen-bond donors (Lipinski definition) is 0. The van der Waals surface area contributed by atoms with Gasteiger partial charge >= 0.3 is 5.97 Å². The minimum atomic E-state index is -0.471. The topological polar surface area (TPSA) is 57.0 Å². The molecule has 2 rings (SSSR count). The first-order chi connectivity index (χ1) is 8.17. The molecule has 0 unspecified atom stereocenters. The van der Waals surface area contributed by atoms with E-state index in [4.69, 9.17) is 11.6 Å². The Morgan fingerprint density at radius 1 is 1.65 bits per heavy atom. The summed E-state index contributed by atoms with van der Waals surface area (Å²) < 4.78 is 6.42. The smallest absolute Gasteiger partial charge is 0.351 e. The van der Waals surface area contributed by atoms with Crippen LogP contribution in [0.1, 0.15) is 16.6 Å². The Kier molecular flexibility index (Phi) is 3.44. The maximum Gasteiger partial charge on any atom is 0.351 e. The first kappa shape index (κ1) is 12.1. The number of ether oxygens (including phenoxy) is 1. The molecule has 0 bridgehead atoms. The van der Waals surface area contributed by atoms with Crippen LogP contribution >= 0.6 is 22.9 Å². The fraction of sp³-hybridized carbons (Fsp3) is 0.300. The molecule has 0 aromatic carbocycles. The Labute approximate surface area is 107 Å². The number of aromatic nitrogens is 3. The van der Waals surface area contributed by atoms with E-state index in [9.17, 15) is 4.79 Å². The maximum absolute atomic E-state index is 11.4. The molecule has 2 aromatic heterocycles. The van der Waals surface area contributed by atoms with Gasteiger partial charge in [-0.3, -0.25) is 4.68 Å². The first-order valence-electron chi connectivity index (χ1n) is 4.94. The van der Waals surface area contributed by atoms with Crippen molar-refractivity contribution in [2.24, 2.45) is 0 Å². The summed E-state index contributed by atoms with van der Waals surface area (Å²) in [6, 6.07) is 1.83. The molecule has 0 saturated heterocycles. The number of thiazole rings is 1. The normalized spacial score (nSPS) is 10.5. The van der Waals surface area contributed by atoms with Gasteiger partial charge in [-0.1, -0.05) is 11.6 Å². The lowest BCUT2D eigenvalue weighted by Crippen LogP contribution is -1.98. The number of rotatable bonds is 3. The zero-order chi connectivity index (χ0) is 12.4. The molecular weight excluding hydrogens is 262 g/mol. The number of carbonyl (C=O) groups excluding carboxylic acids is 1. The summed E-state index contributed by atoms with van der Waals surface area (Å²) in [5.74, 6) is -0.471. The Morgan fingerprint density at radius 2 is 2.41 bits per heavy atom. The molecule has 90 valence electrons. The van der Waals surface area contributed by atoms with Crippen LogP contribution < -0.4 is 0 Å². The summed E-state index contributed by atoms with van der Waals surface area (Å²) in [4.78, 5) is 15.9. The molecule has 2 aromatic rings. The van der Waals surface area contributed by atoms with Gasteiger partial charge in [-0.15, -0.1) is 11.3 Å². The number of esters is 1. The van der Waals surface area contributed by atoms with Gasteiger partial charge < -0.3 is 4.74 Å². The van der Waals surface area contributed by atoms with Gasteiger partial charge in [0.25, 0.3) is 0 Å². The predicted molar refractivity (Wildman–Crippen MR) is 65.4 cm³/mol. The van der Waals surface area contributed by atoms with Crippen molar-refractivity contribution in [3.05, 3.63) is 22.3 Å². The highest BCUT2D eigenvalue weighted by molar-refractivity contribution is 7.17. The van der Waals surface area contributed by atoms with Gasteiger partial charge in [0.1, 0.15) is 5.01 Å². The van der Waals surface area contributed by atoms with Gasteiger partial charge in [0, 0.05) is 12.7 Å². The molecule has 0 aliphatic rings. The maximum atomic E-state index is 11.4. The quantitative estimate of drug-likeness (QED) is 0.805. The van der Waals surface area contributed by atoms with Crippen molar-refractivity contribution in [3.63, 3.8) is 0 Å². The SMILES string of the molecule is CCn1nccc1-c1nc(Cl)c(C(=O)OC)s1. The second-order valence-electron chi connectivity index (χ2n) is 3.16. The molecule has 0 spiro atoms. The molecule has 0 fully saturated rings. The largest absolute Gasteiger partial charge is 0.465 e. The molecule has 0 radical (unpaired) electrons. The van der Waals surface area contributed by atoms with Crippen molar-refractivity contribution in [1.29, 1.82) is 0 Å². The minimum absolute atomic E-state index is 0.167. The van der Waals surface area contributed by atoms with E-state index in [0.717, 1.165) is 12.2 Å². The molecule has 0 atom stereocenters. The number of methoxy groups -OCH3 is 1. The second-order valence-corrected chi connectivity index (χ2v) is 4.52. The molecule has 0 N–H and O–H groups in total. The molecule has 0 aliphatic heterocycles. The highest BCUT2D eigenvalue weighted by Gasteiger charge is 2.19. The van der Waals surface area contributed by atoms with E-state index >= 15 is 0 Å². The van der Waals surface area contributed by atoms with Crippen molar-refractivity contribution >= 4 is 28.9 Å². The van der Waals surface area contributed by atoms with Crippen molar-refractivity contribution < 1.29 is 9.53 Å². The zero-order valence-electron chi connectivity index (χ0n) is 9.31. The average Bonchev–Trinajstić information content (AvgIpc) is 2.93. The third-order valence-electron chi connectivity index (χ3n) is 2.19. The highest BCUT2D eigenvalue weighted by Crippen LogP contribution is 2.31. The van der Waals surface area contributed by atoms with Crippen LogP contribution in [-0.2, 0) is 11.3 Å². The zero-order valence-corrected chi connectivity index (χ0v) is 10.9. The molecule has 7 heteroatoms. The standard InChI is InChI=1S/C10H10ClN3O2S/c1-3-14-6(4-5-12-14)9-13-8(11)7(17-9)10(15)16-2/h4-5H,3H2,1-2H3. The Morgan fingerprint density at radius 3 is 3.06 bits per heavy atom. The lowest BCUT2D eigenvalue weighted by Gasteiger charge is -1.99. The van der Waals surface area contributed by atoms with E-state index in [1.54, 1.807) is 10.9 Å². The van der Waals surface area contributed by atoms with Gasteiger partial charge in [0.15, 0.2) is 10.0 Å². The number of halogens is 1. The minimum Gasteiger partial charge on any atom is -0.465 e. The molecule has 0 amide bonds. The number of hydrogen-bond acceptors (Lipinski definition) is 5. The number of aryl methyl sites for hydroxylation is 1. The lowest BCUT2D eigenvalue weighted by atomic mass is 10.4. The van der Waals surface area contributed by atoms with Crippen molar-refractivity contribution in [1.82, 2.24) is 14.8 Å². The summed E-state index contributed by atoms with van der Waals surface area (Å²) >= 11 is 7.10. The van der Waals surface area contributed by atoms with Gasteiger partial charge in [0.2, 0.25) is 0 Å². The lowest BCUT2D eigenvalue weighted by molar-refractivity contribution is 0.0606. The van der Waals surface area contributed by atoms with Crippen LogP contribution in [0.4, 0.5) is 0 Å². The summed E-state index contributed by atoms with van der Waals surface area (Å²) in [6.45, 7) is 2.71. The molecule has 5 nitrogen and oxygen atoms in total. The third-order valence-corrected chi connectivity index (χ3v) is 3.64. The third kappa shape index (κ3) is 2.18. The van der Waals surface area contributed by atoms with Gasteiger partial charge in [0.05, 0.1) is 12.8 Å². The fourth-order valence-corrected chi connectivity index (χ4v) is 2.63. The number of carbonyl (C=O) groups is 1. The van der Waals surface area contributed by atoms with Crippen LogP contribution in [0, 0.1) is 0 Å². The van der Waals surface area contributed by atoms with Crippen LogP contribution in [0.3, 0.4) is 0 Å². The van der Waals surface area contributed by atoms with Crippen LogP contribution in [0.15, 0.2) is 12.3 Å². The Hall–Kier alpha value is -1.40. The molecule has 0 saturated carbocycles. The molecular formula is C10H10ClN3O2S. The second kappa shape index (κ2) is 4.85. The molecule has 2 heterocycles. The van der Waals surface area contributed by atoms with E-state index in [1.165, 1.54) is 18.4 Å². The summed E-state index contributed by atoms with van der Waals surface area (Å²) in [5, 5.41) is 4.97. The summed E-state index contributed by atoms with van der Waals surface area (Å²) in [5.41, 5.74) is 0.842. The van der Waals surface area contributed by atoms with Crippen LogP contribution in [0.25, 0.3) is 10.7 Å². The summed E-state index contributed by atoms with van der Waals surface area (Å²) in [6.07, 6.45) is 1.69. The van der Waals surface area contributed by atoms with E-state index in [-0.39, 0.29) is 5.15 Å². The van der Waals surface area contributed by atoms with Gasteiger partial charge in [-0.05, 0) is 13.0 Å². The monoisotopic (exact) mass is 271 g/mol. The van der Waals surface area contributed by atoms with Crippen LogP contribution in [-0.4, -0.2) is 27.8 Å². The van der Waals surface area contributed by atoms with E-state index < -0.39 is 5.97 Å². The van der Waals surface area contributed by atoms with E-state index in [2.05, 4.69) is 14.8 Å². The summed E-state index contributed by atoms with van der Waals surface area (Å²) in [7, 11) is 1.31.